The van der Waals surface area contributed by atoms with Gasteiger partial charge in [-0.25, -0.2) is 0 Å². The molecule has 0 fully saturated rings. The first-order valence-electron chi connectivity index (χ1n) is 7.92. The third kappa shape index (κ3) is 2.34. The number of hydrogen-bond acceptors (Lipinski definition) is 3. The van der Waals surface area contributed by atoms with E-state index in [1.54, 1.807) is 11.3 Å². The SMILES string of the molecule is O=C(c1cc2c(s1)CCCC2)C1CCCc2cccnc21. The highest BCUT2D eigenvalue weighted by molar-refractivity contribution is 7.14. The summed E-state index contributed by atoms with van der Waals surface area (Å²) in [6.45, 7) is 0. The van der Waals surface area contributed by atoms with E-state index in [4.69, 9.17) is 0 Å². The minimum atomic E-state index is -0.0185. The van der Waals surface area contributed by atoms with Crippen molar-refractivity contribution in [3.63, 3.8) is 0 Å². The summed E-state index contributed by atoms with van der Waals surface area (Å²) < 4.78 is 0. The van der Waals surface area contributed by atoms with E-state index in [0.717, 1.165) is 42.7 Å². The van der Waals surface area contributed by atoms with Crippen molar-refractivity contribution < 1.29 is 4.79 Å². The fraction of sp³-hybridized carbons (Fsp3) is 0.444. The van der Waals surface area contributed by atoms with Gasteiger partial charge in [0.2, 0.25) is 0 Å². The summed E-state index contributed by atoms with van der Waals surface area (Å²) in [7, 11) is 0. The van der Waals surface area contributed by atoms with E-state index in [1.807, 2.05) is 12.3 Å². The van der Waals surface area contributed by atoms with Crippen molar-refractivity contribution in [3.05, 3.63) is 51.0 Å². The number of pyridine rings is 1. The van der Waals surface area contributed by atoms with Crippen molar-refractivity contribution in [3.8, 4) is 0 Å². The second kappa shape index (κ2) is 5.38. The number of rotatable bonds is 2. The molecule has 2 nitrogen and oxygen atoms in total. The van der Waals surface area contributed by atoms with Crippen LogP contribution in [0.5, 0.6) is 0 Å². The van der Waals surface area contributed by atoms with Gasteiger partial charge in [0.05, 0.1) is 16.5 Å². The molecule has 0 saturated heterocycles. The third-order valence-corrected chi connectivity index (χ3v) is 6.00. The van der Waals surface area contributed by atoms with Crippen LogP contribution in [0, 0.1) is 0 Å². The summed E-state index contributed by atoms with van der Waals surface area (Å²) in [6, 6.07) is 6.27. The first-order chi connectivity index (χ1) is 10.3. The molecule has 0 amide bonds. The zero-order chi connectivity index (χ0) is 14.2. The molecule has 21 heavy (non-hydrogen) atoms. The van der Waals surface area contributed by atoms with Crippen molar-refractivity contribution in [1.29, 1.82) is 0 Å². The molecule has 0 spiro atoms. The molecular formula is C18H19NOS. The monoisotopic (exact) mass is 297 g/mol. The van der Waals surface area contributed by atoms with E-state index in [1.165, 1.54) is 28.8 Å². The molecule has 0 aromatic carbocycles. The molecule has 0 N–H and O–H groups in total. The van der Waals surface area contributed by atoms with Gasteiger partial charge in [0.1, 0.15) is 0 Å². The average Bonchev–Trinajstić information content (AvgIpc) is 2.97. The van der Waals surface area contributed by atoms with Crippen LogP contribution in [0.2, 0.25) is 0 Å². The summed E-state index contributed by atoms with van der Waals surface area (Å²) in [4.78, 5) is 19.9. The highest BCUT2D eigenvalue weighted by Crippen LogP contribution is 2.36. The van der Waals surface area contributed by atoms with Gasteiger partial charge in [0, 0.05) is 11.1 Å². The summed E-state index contributed by atoms with van der Waals surface area (Å²) in [5.41, 5.74) is 3.72. The van der Waals surface area contributed by atoms with Crippen LogP contribution < -0.4 is 0 Å². The predicted molar refractivity (Wildman–Crippen MR) is 85.2 cm³/mol. The van der Waals surface area contributed by atoms with Gasteiger partial charge in [-0.3, -0.25) is 9.78 Å². The average molecular weight is 297 g/mol. The summed E-state index contributed by atoms with van der Waals surface area (Å²) >= 11 is 1.73. The van der Waals surface area contributed by atoms with Gasteiger partial charge < -0.3 is 0 Å². The Hall–Kier alpha value is -1.48. The van der Waals surface area contributed by atoms with Crippen LogP contribution in [0.4, 0.5) is 0 Å². The largest absolute Gasteiger partial charge is 0.293 e. The Balaban J connectivity index is 1.68. The molecule has 4 rings (SSSR count). The molecule has 1 unspecified atom stereocenters. The molecule has 2 aliphatic rings. The topological polar surface area (TPSA) is 30.0 Å². The second-order valence-corrected chi connectivity index (χ2v) is 7.26. The fourth-order valence-electron chi connectivity index (χ4n) is 3.65. The molecule has 3 heteroatoms. The van der Waals surface area contributed by atoms with Gasteiger partial charge in [0.25, 0.3) is 0 Å². The minimum Gasteiger partial charge on any atom is -0.293 e. The van der Waals surface area contributed by atoms with Gasteiger partial charge >= 0.3 is 0 Å². The van der Waals surface area contributed by atoms with Gasteiger partial charge in [-0.1, -0.05) is 6.07 Å². The Morgan fingerprint density at radius 1 is 1.14 bits per heavy atom. The lowest BCUT2D eigenvalue weighted by Gasteiger charge is -2.22. The lowest BCUT2D eigenvalue weighted by Crippen LogP contribution is -2.19. The number of thiophene rings is 1. The molecular weight excluding hydrogens is 278 g/mol. The van der Waals surface area contributed by atoms with E-state index in [2.05, 4.69) is 17.1 Å². The lowest BCUT2D eigenvalue weighted by atomic mass is 9.83. The third-order valence-electron chi connectivity index (χ3n) is 4.75. The smallest absolute Gasteiger partial charge is 0.181 e. The maximum Gasteiger partial charge on any atom is 0.181 e. The zero-order valence-corrected chi connectivity index (χ0v) is 12.9. The van der Waals surface area contributed by atoms with Gasteiger partial charge in [0.15, 0.2) is 5.78 Å². The van der Waals surface area contributed by atoms with Crippen molar-refractivity contribution in [2.75, 3.05) is 0 Å². The second-order valence-electron chi connectivity index (χ2n) is 6.12. The molecule has 0 radical (unpaired) electrons. The Labute approximate surface area is 129 Å². The van der Waals surface area contributed by atoms with Gasteiger partial charge in [-0.15, -0.1) is 11.3 Å². The van der Waals surface area contributed by atoms with Crippen LogP contribution >= 0.6 is 11.3 Å². The highest BCUT2D eigenvalue weighted by atomic mass is 32.1. The first-order valence-corrected chi connectivity index (χ1v) is 8.74. The predicted octanol–water partition coefficient (Wildman–Crippen LogP) is 4.32. The summed E-state index contributed by atoms with van der Waals surface area (Å²) in [6.07, 6.45) is 9.79. The van der Waals surface area contributed by atoms with Crippen LogP contribution in [0.3, 0.4) is 0 Å². The molecule has 2 aliphatic carbocycles. The van der Waals surface area contributed by atoms with Crippen molar-refractivity contribution in [1.82, 2.24) is 4.98 Å². The van der Waals surface area contributed by atoms with Crippen molar-refractivity contribution in [2.24, 2.45) is 0 Å². The normalized spacial score (nSPS) is 20.7. The molecule has 108 valence electrons. The Kier molecular flexibility index (Phi) is 3.38. The molecule has 2 aromatic heterocycles. The Bertz CT molecular complexity index is 665. The molecule has 2 heterocycles. The van der Waals surface area contributed by atoms with Crippen LogP contribution in [0.1, 0.15) is 63.0 Å². The van der Waals surface area contributed by atoms with Gasteiger partial charge in [-0.05, 0) is 68.2 Å². The fourth-order valence-corrected chi connectivity index (χ4v) is 4.90. The number of fused-ring (bicyclic) bond motifs is 2. The van der Waals surface area contributed by atoms with Crippen LogP contribution in [0.25, 0.3) is 0 Å². The molecule has 2 aromatic rings. The first kappa shape index (κ1) is 13.2. The highest BCUT2D eigenvalue weighted by Gasteiger charge is 2.30. The molecule has 0 aliphatic heterocycles. The van der Waals surface area contributed by atoms with Crippen LogP contribution in [-0.2, 0) is 19.3 Å². The zero-order valence-electron chi connectivity index (χ0n) is 12.1. The van der Waals surface area contributed by atoms with Gasteiger partial charge in [-0.2, -0.15) is 0 Å². The molecule has 0 bridgehead atoms. The van der Waals surface area contributed by atoms with Crippen LogP contribution in [-0.4, -0.2) is 10.8 Å². The number of hydrogen-bond donors (Lipinski definition) is 0. The lowest BCUT2D eigenvalue weighted by molar-refractivity contribution is 0.0953. The summed E-state index contributed by atoms with van der Waals surface area (Å²) in [5.74, 6) is 0.282. The maximum atomic E-state index is 13.0. The van der Waals surface area contributed by atoms with E-state index in [9.17, 15) is 4.79 Å². The van der Waals surface area contributed by atoms with E-state index < -0.39 is 0 Å². The number of ketones is 1. The van der Waals surface area contributed by atoms with E-state index >= 15 is 0 Å². The Morgan fingerprint density at radius 3 is 2.90 bits per heavy atom. The summed E-state index contributed by atoms with van der Waals surface area (Å²) in [5, 5.41) is 0. The minimum absolute atomic E-state index is 0.0185. The Morgan fingerprint density at radius 2 is 2.00 bits per heavy atom. The molecule has 0 saturated carbocycles. The van der Waals surface area contributed by atoms with Crippen molar-refractivity contribution >= 4 is 17.1 Å². The van der Waals surface area contributed by atoms with E-state index in [0.29, 0.717) is 5.78 Å². The van der Waals surface area contributed by atoms with Crippen LogP contribution in [0.15, 0.2) is 24.4 Å². The number of aryl methyl sites for hydroxylation is 3. The van der Waals surface area contributed by atoms with E-state index in [-0.39, 0.29) is 5.92 Å². The van der Waals surface area contributed by atoms with Crippen molar-refractivity contribution in [2.45, 2.75) is 50.9 Å². The number of carbonyl (C=O) groups excluding carboxylic acids is 1. The standard InChI is InChI=1S/C18H19NOS/c20-18(16-11-13-5-1-2-9-15(13)21-16)14-8-3-6-12-7-4-10-19-17(12)14/h4,7,10-11,14H,1-3,5-6,8-9H2. The molecule has 1 atom stereocenters. The number of Topliss-reactive ketones (excluding diaryl/α,β-unsaturated/α-hetero) is 1. The number of aromatic nitrogens is 1. The quantitative estimate of drug-likeness (QED) is 0.772. The number of carbonyl (C=O) groups is 1. The number of nitrogens with zero attached hydrogens (tertiary/aromatic N) is 1. The maximum absolute atomic E-state index is 13.0.